The molecule has 0 aromatic heterocycles. The number of rotatable bonds is 7. The monoisotopic (exact) mass is 338 g/mol. The number of esters is 1. The molecule has 2 amide bonds. The highest BCUT2D eigenvalue weighted by Gasteiger charge is 2.20. The molecule has 0 radical (unpaired) electrons. The fourth-order valence-corrected chi connectivity index (χ4v) is 1.72. The molecule has 1 rings (SSSR count). The first kappa shape index (κ1) is 18.9. The van der Waals surface area contributed by atoms with E-state index in [-0.39, 0.29) is 17.8 Å². The predicted molar refractivity (Wildman–Crippen MR) is 84.8 cm³/mol. The minimum Gasteiger partial charge on any atom is -0.452 e. The summed E-state index contributed by atoms with van der Waals surface area (Å²) in [5, 5.41) is 15.4. The van der Waals surface area contributed by atoms with Crippen LogP contribution in [0.1, 0.15) is 10.4 Å². The van der Waals surface area contributed by atoms with Gasteiger partial charge in [0.1, 0.15) is 0 Å². The molecule has 1 aromatic carbocycles. The third-order valence-electron chi connectivity index (χ3n) is 2.95. The van der Waals surface area contributed by atoms with Gasteiger partial charge in [0, 0.05) is 33.3 Å². The Bertz CT molecular complexity index is 659. The first-order valence-corrected chi connectivity index (χ1v) is 6.86. The van der Waals surface area contributed by atoms with E-state index in [1.165, 1.54) is 19.2 Å². The Labute approximate surface area is 137 Å². The van der Waals surface area contributed by atoms with Crippen LogP contribution in [0.2, 0.25) is 0 Å². The minimum atomic E-state index is -0.877. The lowest BCUT2D eigenvalue weighted by Gasteiger charge is -2.16. The second-order valence-electron chi connectivity index (χ2n) is 4.88. The summed E-state index contributed by atoms with van der Waals surface area (Å²) in [6, 6.07) is 3.77. The van der Waals surface area contributed by atoms with Crippen molar-refractivity contribution in [3.63, 3.8) is 0 Å². The third-order valence-corrected chi connectivity index (χ3v) is 2.95. The highest BCUT2D eigenvalue weighted by atomic mass is 16.6. The normalized spacial score (nSPS) is 9.79. The fraction of sp³-hybridized carbons (Fsp3) is 0.357. The van der Waals surface area contributed by atoms with E-state index in [1.54, 1.807) is 19.0 Å². The Hall–Kier alpha value is -3.17. The van der Waals surface area contributed by atoms with Crippen LogP contribution in [0, 0.1) is 10.1 Å². The van der Waals surface area contributed by atoms with E-state index in [0.717, 1.165) is 6.07 Å². The number of nitrogens with zero attached hydrogens (tertiary/aromatic N) is 2. The smallest absolute Gasteiger partial charge is 0.341 e. The molecule has 0 bridgehead atoms. The summed E-state index contributed by atoms with van der Waals surface area (Å²) in [7, 11) is 4.74. The van der Waals surface area contributed by atoms with Gasteiger partial charge in [-0.2, -0.15) is 0 Å². The molecule has 10 heteroatoms. The molecule has 0 heterocycles. The van der Waals surface area contributed by atoms with Crippen molar-refractivity contribution in [1.29, 1.82) is 0 Å². The van der Waals surface area contributed by atoms with E-state index in [2.05, 4.69) is 10.6 Å². The van der Waals surface area contributed by atoms with Gasteiger partial charge >= 0.3 is 5.97 Å². The molecule has 0 saturated carbocycles. The summed E-state index contributed by atoms with van der Waals surface area (Å²) in [6.07, 6.45) is 0. The number of benzene rings is 1. The Balaban J connectivity index is 2.79. The number of nitrogens with one attached hydrogen (secondary N) is 2. The quantitative estimate of drug-likeness (QED) is 0.396. The number of carbonyl (C=O) groups is 3. The molecule has 0 aliphatic rings. The van der Waals surface area contributed by atoms with E-state index in [4.69, 9.17) is 4.74 Å². The van der Waals surface area contributed by atoms with E-state index in [9.17, 15) is 24.5 Å². The Kier molecular flexibility index (Phi) is 6.65. The van der Waals surface area contributed by atoms with Gasteiger partial charge in [-0.1, -0.05) is 0 Å². The third kappa shape index (κ3) is 5.23. The second kappa shape index (κ2) is 8.46. The van der Waals surface area contributed by atoms with Gasteiger partial charge in [0.15, 0.2) is 6.61 Å². The van der Waals surface area contributed by atoms with Crippen LogP contribution in [0.3, 0.4) is 0 Å². The highest BCUT2D eigenvalue weighted by molar-refractivity contribution is 5.97. The number of anilines is 1. The molecule has 1 aromatic rings. The predicted octanol–water partition coefficient (Wildman–Crippen LogP) is -0.320. The van der Waals surface area contributed by atoms with Crippen LogP contribution in [0.25, 0.3) is 0 Å². The zero-order chi connectivity index (χ0) is 18.3. The highest BCUT2D eigenvalue weighted by Crippen LogP contribution is 2.24. The van der Waals surface area contributed by atoms with Crippen molar-refractivity contribution in [2.75, 3.05) is 39.2 Å². The standard InChI is InChI=1S/C14H18N4O6/c1-15-12(19)7-16-13(20)8-24-14(21)10-6-9(18(22)23)4-5-11(10)17(2)3/h4-6H,7-8H2,1-3H3,(H,15,19)(H,16,20). The van der Waals surface area contributed by atoms with Gasteiger partial charge in [-0.05, 0) is 6.07 Å². The number of amides is 2. The second-order valence-corrected chi connectivity index (χ2v) is 4.88. The minimum absolute atomic E-state index is 0.0340. The number of hydrogen-bond donors (Lipinski definition) is 2. The van der Waals surface area contributed by atoms with Gasteiger partial charge in [0.2, 0.25) is 5.91 Å². The number of hydrogen-bond acceptors (Lipinski definition) is 7. The maximum Gasteiger partial charge on any atom is 0.341 e. The average Bonchev–Trinajstić information content (AvgIpc) is 2.56. The lowest BCUT2D eigenvalue weighted by Crippen LogP contribution is -2.37. The molecule has 0 atom stereocenters. The molecule has 0 spiro atoms. The maximum absolute atomic E-state index is 12.1. The van der Waals surface area contributed by atoms with Crippen molar-refractivity contribution in [2.24, 2.45) is 0 Å². The number of nitro groups is 1. The van der Waals surface area contributed by atoms with Crippen molar-refractivity contribution in [1.82, 2.24) is 10.6 Å². The topological polar surface area (TPSA) is 131 Å². The molecule has 0 fully saturated rings. The van der Waals surface area contributed by atoms with Crippen molar-refractivity contribution in [3.8, 4) is 0 Å². The van der Waals surface area contributed by atoms with E-state index in [1.807, 2.05) is 0 Å². The first-order valence-electron chi connectivity index (χ1n) is 6.86. The van der Waals surface area contributed by atoms with Crippen LogP contribution in [0.5, 0.6) is 0 Å². The van der Waals surface area contributed by atoms with Crippen molar-refractivity contribution in [2.45, 2.75) is 0 Å². The number of likely N-dealkylation sites (N-methyl/N-ethyl adjacent to an activating group) is 1. The molecular formula is C14H18N4O6. The average molecular weight is 338 g/mol. The van der Waals surface area contributed by atoms with Gasteiger partial charge < -0.3 is 20.3 Å². The number of ether oxygens (including phenoxy) is 1. The lowest BCUT2D eigenvalue weighted by atomic mass is 10.1. The number of non-ortho nitro benzene ring substituents is 1. The summed E-state index contributed by atoms with van der Waals surface area (Å²) in [5.41, 5.74) is 0.112. The molecule has 0 unspecified atom stereocenters. The van der Waals surface area contributed by atoms with E-state index < -0.39 is 29.3 Å². The molecule has 10 nitrogen and oxygen atoms in total. The van der Waals surface area contributed by atoms with E-state index in [0.29, 0.717) is 5.69 Å². The van der Waals surface area contributed by atoms with Crippen molar-refractivity contribution < 1.29 is 24.0 Å². The summed E-state index contributed by atoms with van der Waals surface area (Å²) < 4.78 is 4.85. The molecule has 2 N–H and O–H groups in total. The summed E-state index contributed by atoms with van der Waals surface area (Å²) in [4.78, 5) is 46.4. The Morgan fingerprint density at radius 1 is 1.25 bits per heavy atom. The Morgan fingerprint density at radius 3 is 2.46 bits per heavy atom. The van der Waals surface area contributed by atoms with Crippen LogP contribution in [-0.4, -0.2) is 57.0 Å². The van der Waals surface area contributed by atoms with Crippen LogP contribution >= 0.6 is 0 Å². The zero-order valence-corrected chi connectivity index (χ0v) is 13.5. The van der Waals surface area contributed by atoms with Crippen molar-refractivity contribution >= 4 is 29.2 Å². The van der Waals surface area contributed by atoms with Gasteiger partial charge in [0.25, 0.3) is 11.6 Å². The molecular weight excluding hydrogens is 320 g/mol. The number of carbonyl (C=O) groups excluding carboxylic acids is 3. The molecule has 0 aliphatic carbocycles. The molecule has 24 heavy (non-hydrogen) atoms. The van der Waals surface area contributed by atoms with Gasteiger partial charge in [-0.3, -0.25) is 19.7 Å². The molecule has 0 aliphatic heterocycles. The van der Waals surface area contributed by atoms with Crippen LogP contribution < -0.4 is 15.5 Å². The molecule has 0 saturated heterocycles. The number of nitro benzene ring substituents is 1. The first-order chi connectivity index (χ1) is 11.3. The van der Waals surface area contributed by atoms with Crippen LogP contribution in [0.4, 0.5) is 11.4 Å². The Morgan fingerprint density at radius 2 is 1.92 bits per heavy atom. The van der Waals surface area contributed by atoms with Gasteiger partial charge in [-0.15, -0.1) is 0 Å². The lowest BCUT2D eigenvalue weighted by molar-refractivity contribution is -0.384. The summed E-state index contributed by atoms with van der Waals surface area (Å²) >= 11 is 0. The van der Waals surface area contributed by atoms with E-state index >= 15 is 0 Å². The van der Waals surface area contributed by atoms with Crippen LogP contribution in [-0.2, 0) is 14.3 Å². The SMILES string of the molecule is CNC(=O)CNC(=O)COC(=O)c1cc([N+](=O)[O-])ccc1N(C)C. The van der Waals surface area contributed by atoms with Crippen LogP contribution in [0.15, 0.2) is 18.2 Å². The fourth-order valence-electron chi connectivity index (χ4n) is 1.72. The molecule has 130 valence electrons. The van der Waals surface area contributed by atoms with Gasteiger partial charge in [0.05, 0.1) is 22.7 Å². The summed E-state index contributed by atoms with van der Waals surface area (Å²) in [6.45, 7) is -0.849. The van der Waals surface area contributed by atoms with Gasteiger partial charge in [-0.25, -0.2) is 4.79 Å². The van der Waals surface area contributed by atoms with Crippen molar-refractivity contribution in [3.05, 3.63) is 33.9 Å². The summed E-state index contributed by atoms with van der Waals surface area (Å²) in [5.74, 6) is -1.94. The largest absolute Gasteiger partial charge is 0.452 e. The maximum atomic E-state index is 12.1. The zero-order valence-electron chi connectivity index (χ0n) is 13.5.